The summed E-state index contributed by atoms with van der Waals surface area (Å²) in [6.07, 6.45) is -1.80. The number of nitrogens with zero attached hydrogens (tertiary/aromatic N) is 5. The molecule has 1 saturated heterocycles. The monoisotopic (exact) mass is 757 g/mol. The van der Waals surface area contributed by atoms with Crippen LogP contribution in [0.25, 0.3) is 0 Å². The number of anilines is 5. The lowest BCUT2D eigenvalue weighted by Crippen LogP contribution is -2.51. The number of rotatable bonds is 4. The molecule has 4 aromatic rings. The van der Waals surface area contributed by atoms with Gasteiger partial charge in [0.05, 0.1) is 18.1 Å². The highest BCUT2D eigenvalue weighted by Gasteiger charge is 2.39. The highest BCUT2D eigenvalue weighted by atomic mass is 35.5. The van der Waals surface area contributed by atoms with Crippen molar-refractivity contribution in [1.82, 2.24) is 30.0 Å². The lowest BCUT2D eigenvalue weighted by Gasteiger charge is -2.38. The Morgan fingerprint density at radius 1 is 0.904 bits per heavy atom. The van der Waals surface area contributed by atoms with Gasteiger partial charge in [-0.05, 0) is 54.3 Å². The first-order chi connectivity index (χ1) is 24.4. The maximum absolute atomic E-state index is 12.9. The summed E-state index contributed by atoms with van der Waals surface area (Å²) in [6, 6.07) is 9.40. The molecule has 6 bridgehead atoms. The number of pyridine rings is 1. The predicted octanol–water partition coefficient (Wildman–Crippen LogP) is 5.20. The molecule has 1 aromatic carbocycles. The fourth-order valence-electron chi connectivity index (χ4n) is 4.63. The zero-order valence-electron chi connectivity index (χ0n) is 26.2. The van der Waals surface area contributed by atoms with E-state index in [1.807, 2.05) is 30.5 Å². The van der Waals surface area contributed by atoms with Gasteiger partial charge in [-0.1, -0.05) is 11.6 Å². The molecule has 15 nitrogen and oxygen atoms in total. The van der Waals surface area contributed by atoms with E-state index in [1.54, 1.807) is 23.4 Å². The maximum atomic E-state index is 12.9. The van der Waals surface area contributed by atoms with Crippen LogP contribution >= 0.6 is 11.6 Å². The lowest BCUT2D eigenvalue weighted by molar-refractivity contribution is -0.193. The van der Waals surface area contributed by atoms with E-state index in [1.165, 1.54) is 6.20 Å². The van der Waals surface area contributed by atoms with Crippen LogP contribution in [0.2, 0.25) is 5.02 Å². The number of hydrogen-bond donors (Lipinski definition) is 6. The molecule has 0 radical (unpaired) electrons. The van der Waals surface area contributed by atoms with Crippen molar-refractivity contribution in [2.24, 2.45) is 5.92 Å². The number of aliphatic carboxylic acids is 2. The molecule has 0 unspecified atom stereocenters. The van der Waals surface area contributed by atoms with Gasteiger partial charge < -0.3 is 31.1 Å². The number of likely N-dealkylation sites (tertiary alicyclic amines) is 1. The number of nitrogens with one attached hydrogen (secondary N) is 4. The van der Waals surface area contributed by atoms with Gasteiger partial charge in [-0.2, -0.15) is 36.4 Å². The number of alkyl halides is 6. The van der Waals surface area contributed by atoms with E-state index in [0.717, 1.165) is 34.6 Å². The molecule has 6 N–H and O–H groups in total. The van der Waals surface area contributed by atoms with Gasteiger partial charge in [-0.3, -0.25) is 19.7 Å². The van der Waals surface area contributed by atoms with Crippen molar-refractivity contribution in [3.05, 3.63) is 77.0 Å². The Bertz CT molecular complexity index is 1900. The van der Waals surface area contributed by atoms with Gasteiger partial charge >= 0.3 is 24.3 Å². The average Bonchev–Trinajstić information content (AvgIpc) is 3.59. The smallest absolute Gasteiger partial charge is 0.475 e. The summed E-state index contributed by atoms with van der Waals surface area (Å²) >= 11 is 6.35. The van der Waals surface area contributed by atoms with Crippen LogP contribution in [0.5, 0.6) is 0 Å². The maximum Gasteiger partial charge on any atom is 0.490 e. The van der Waals surface area contributed by atoms with Crippen molar-refractivity contribution in [2.45, 2.75) is 31.6 Å². The fraction of sp³-hybridized carbons (Fsp3) is 0.267. The predicted molar refractivity (Wildman–Crippen MR) is 170 cm³/mol. The van der Waals surface area contributed by atoms with E-state index in [9.17, 15) is 35.9 Å². The van der Waals surface area contributed by atoms with Crippen molar-refractivity contribution in [2.75, 3.05) is 29.0 Å². The molecule has 5 heterocycles. The molecule has 22 heteroatoms. The number of fused-ring (bicyclic) bond motifs is 6. The number of carbonyl (C=O) groups excluding carboxylic acids is 2. The van der Waals surface area contributed by atoms with Crippen molar-refractivity contribution in [3.63, 3.8) is 0 Å². The van der Waals surface area contributed by atoms with Crippen LogP contribution in [0.3, 0.4) is 0 Å². The Morgan fingerprint density at radius 2 is 1.58 bits per heavy atom. The minimum atomic E-state index is -5.08. The summed E-state index contributed by atoms with van der Waals surface area (Å²) in [7, 11) is 0. The number of amides is 2. The first-order valence-corrected chi connectivity index (χ1v) is 15.1. The molecule has 0 saturated carbocycles. The van der Waals surface area contributed by atoms with Crippen LogP contribution < -0.4 is 16.0 Å². The van der Waals surface area contributed by atoms with Gasteiger partial charge in [0, 0.05) is 49.2 Å². The van der Waals surface area contributed by atoms with Crippen LogP contribution in [-0.4, -0.2) is 89.5 Å². The van der Waals surface area contributed by atoms with E-state index >= 15 is 0 Å². The van der Waals surface area contributed by atoms with Crippen LogP contribution in [0.4, 0.5) is 55.2 Å². The summed E-state index contributed by atoms with van der Waals surface area (Å²) in [5.41, 5.74) is 4.78. The largest absolute Gasteiger partial charge is 0.490 e. The third-order valence-corrected chi connectivity index (χ3v) is 7.33. The molecular weight excluding hydrogens is 732 g/mol. The molecule has 2 amide bonds. The second-order valence-corrected chi connectivity index (χ2v) is 11.4. The molecule has 52 heavy (non-hydrogen) atoms. The standard InChI is InChI=1S/C26H24ClN9O2.2C2HF3O2/c27-20-12-29-26-32-19-7-15(10-28-11-19)1-2-17-9-18(31-24(20)34-26)3-4-21(17)33-23(37)8-16-13-36(14-16)25(38)22-5-6-30-35-22;2*3-2(4,5)1(6)7/h3-7,9-12,16H,1-2,8,13-14H2,(H,30,35)(H,33,37)(H2,29,31,32,34);2*(H,6,7). The number of hydrogen-bond acceptors (Lipinski definition) is 10. The number of H-pyrrole nitrogens is 1. The van der Waals surface area contributed by atoms with E-state index in [0.29, 0.717) is 48.4 Å². The molecule has 2 aliphatic rings. The summed E-state index contributed by atoms with van der Waals surface area (Å²) < 4.78 is 63.5. The quantitative estimate of drug-likeness (QED) is 0.148. The Kier molecular flexibility index (Phi) is 12.2. The zero-order chi connectivity index (χ0) is 38.2. The lowest BCUT2D eigenvalue weighted by atomic mass is 9.95. The minimum Gasteiger partial charge on any atom is -0.475 e. The van der Waals surface area contributed by atoms with Gasteiger partial charge in [-0.15, -0.1) is 0 Å². The highest BCUT2D eigenvalue weighted by molar-refractivity contribution is 6.32. The van der Waals surface area contributed by atoms with E-state index in [2.05, 4.69) is 41.1 Å². The highest BCUT2D eigenvalue weighted by Crippen LogP contribution is 2.30. The van der Waals surface area contributed by atoms with E-state index in [-0.39, 0.29) is 17.7 Å². The number of benzene rings is 1. The summed E-state index contributed by atoms with van der Waals surface area (Å²) in [6.45, 7) is 1.08. The Labute approximate surface area is 293 Å². The van der Waals surface area contributed by atoms with Gasteiger partial charge in [0.1, 0.15) is 10.7 Å². The number of aryl methyl sites for hydroxylation is 2. The molecule has 6 rings (SSSR count). The number of aromatic amines is 1. The average molecular weight is 758 g/mol. The van der Waals surface area contributed by atoms with Crippen LogP contribution in [0, 0.1) is 5.92 Å². The Balaban J connectivity index is 0.000000367. The van der Waals surface area contributed by atoms with Crippen molar-refractivity contribution in [3.8, 4) is 0 Å². The first kappa shape index (κ1) is 38.8. The molecule has 2 aliphatic heterocycles. The van der Waals surface area contributed by atoms with Gasteiger partial charge in [0.25, 0.3) is 5.91 Å². The molecule has 0 spiro atoms. The third kappa shape index (κ3) is 11.0. The van der Waals surface area contributed by atoms with Crippen molar-refractivity contribution >= 4 is 64.2 Å². The van der Waals surface area contributed by atoms with E-state index < -0.39 is 24.3 Å². The number of carboxylic acids is 2. The van der Waals surface area contributed by atoms with E-state index in [4.69, 9.17) is 31.4 Å². The van der Waals surface area contributed by atoms with Crippen molar-refractivity contribution < 1.29 is 55.7 Å². The number of carbonyl (C=O) groups is 4. The second-order valence-electron chi connectivity index (χ2n) is 11.0. The molecular formula is C30H26ClF6N9O6. The number of carboxylic acid groups (broad SMARTS) is 2. The normalized spacial score (nSPS) is 13.7. The zero-order valence-corrected chi connectivity index (χ0v) is 27.0. The fourth-order valence-corrected chi connectivity index (χ4v) is 4.76. The molecule has 0 aliphatic carbocycles. The molecule has 3 aromatic heterocycles. The van der Waals surface area contributed by atoms with Crippen LogP contribution in [0.15, 0.2) is 55.1 Å². The Hall–Kier alpha value is -5.99. The number of halogens is 7. The molecule has 1 fully saturated rings. The second kappa shape index (κ2) is 16.4. The van der Waals surface area contributed by atoms with Crippen LogP contribution in [0.1, 0.15) is 28.0 Å². The minimum absolute atomic E-state index is 0.0835. The summed E-state index contributed by atoms with van der Waals surface area (Å²) in [5.74, 6) is -4.71. The first-order valence-electron chi connectivity index (χ1n) is 14.7. The topological polar surface area (TPSA) is 215 Å². The van der Waals surface area contributed by atoms with Gasteiger partial charge in [0.2, 0.25) is 11.9 Å². The number of aromatic nitrogens is 5. The molecule has 0 atom stereocenters. The van der Waals surface area contributed by atoms with Gasteiger partial charge in [0.15, 0.2) is 5.82 Å². The van der Waals surface area contributed by atoms with Crippen LogP contribution in [-0.2, 0) is 27.2 Å². The summed E-state index contributed by atoms with van der Waals surface area (Å²) in [4.78, 5) is 57.9. The summed E-state index contributed by atoms with van der Waals surface area (Å²) in [5, 5.41) is 30.6. The van der Waals surface area contributed by atoms with Crippen molar-refractivity contribution in [1.29, 1.82) is 0 Å². The SMILES string of the molecule is O=C(CC1CN(C(=O)c2ccn[nH]2)C1)Nc1ccc2cc1CCc1cncc(c1)Nc1ncc(Cl)c(n1)N2.O=C(O)C(F)(F)F.O=C(O)C(F)(F)F. The molecule has 276 valence electrons. The van der Waals surface area contributed by atoms with Gasteiger partial charge in [-0.25, -0.2) is 14.6 Å². The Morgan fingerprint density at radius 3 is 2.19 bits per heavy atom. The third-order valence-electron chi connectivity index (χ3n) is 7.05.